The van der Waals surface area contributed by atoms with Crippen LogP contribution in [0.4, 0.5) is 5.69 Å². The number of hydrogen-bond donors (Lipinski definition) is 1. The quantitative estimate of drug-likeness (QED) is 0.281. The number of hydrogen-bond acceptors (Lipinski definition) is 8. The summed E-state index contributed by atoms with van der Waals surface area (Å²) in [5.41, 5.74) is 0.198. The third-order valence-electron chi connectivity index (χ3n) is 3.65. The van der Waals surface area contributed by atoms with Gasteiger partial charge in [-0.2, -0.15) is 0 Å². The monoisotopic (exact) mass is 426 g/mol. The topological polar surface area (TPSA) is 133 Å². The van der Waals surface area contributed by atoms with Crippen LogP contribution < -0.4 is 4.72 Å². The molecule has 9 nitrogen and oxygen atoms in total. The minimum atomic E-state index is -3.27. The van der Waals surface area contributed by atoms with Gasteiger partial charge in [0.15, 0.2) is 6.61 Å². The van der Waals surface area contributed by atoms with Crippen LogP contribution in [0.5, 0.6) is 0 Å². The van der Waals surface area contributed by atoms with E-state index < -0.39 is 33.3 Å². The van der Waals surface area contributed by atoms with Crippen molar-refractivity contribution in [3.05, 3.63) is 61.3 Å². The fourth-order valence-electron chi connectivity index (χ4n) is 2.24. The lowest BCUT2D eigenvalue weighted by molar-refractivity contribution is -0.385. The number of carbonyl (C=O) groups excluding carboxylic acids is 2. The molecule has 0 saturated heterocycles. The first-order valence-corrected chi connectivity index (χ1v) is 10.8. The van der Waals surface area contributed by atoms with E-state index in [1.54, 1.807) is 19.1 Å². The predicted molar refractivity (Wildman–Crippen MR) is 103 cm³/mol. The molecule has 2 rings (SSSR count). The molecule has 0 aliphatic carbocycles. The second kappa shape index (κ2) is 9.04. The molecule has 0 radical (unpaired) electrons. The van der Waals surface area contributed by atoms with Gasteiger partial charge < -0.3 is 4.74 Å². The summed E-state index contributed by atoms with van der Waals surface area (Å²) in [6.07, 6.45) is 1.49. The number of sulfonamides is 1. The normalized spacial score (nSPS) is 11.2. The summed E-state index contributed by atoms with van der Waals surface area (Å²) < 4.78 is 29.4. The number of thiophene rings is 1. The fourth-order valence-corrected chi connectivity index (χ4v) is 3.64. The number of nitro groups is 1. The van der Waals surface area contributed by atoms with Crippen molar-refractivity contribution < 1.29 is 27.7 Å². The lowest BCUT2D eigenvalue weighted by Gasteiger charge is -2.04. The summed E-state index contributed by atoms with van der Waals surface area (Å²) in [7, 11) is -3.27. The van der Waals surface area contributed by atoms with E-state index in [-0.39, 0.29) is 17.8 Å². The Balaban J connectivity index is 1.92. The summed E-state index contributed by atoms with van der Waals surface area (Å²) in [6, 6.07) is 7.22. The standard InChI is InChI=1S/C17H18N2O7S2/c1-11-3-4-12(9-14(11)19(22)23)17(21)26-10-15(20)16-6-5-13(27-16)7-8-18-28(2,24)25/h3-6,9,18H,7-8,10H2,1-2H3. The number of benzene rings is 1. The van der Waals surface area contributed by atoms with E-state index >= 15 is 0 Å². The van der Waals surface area contributed by atoms with Crippen LogP contribution in [0.2, 0.25) is 0 Å². The van der Waals surface area contributed by atoms with Gasteiger partial charge in [0.05, 0.1) is 21.6 Å². The summed E-state index contributed by atoms with van der Waals surface area (Å²) >= 11 is 1.18. The Labute approximate surface area is 165 Å². The first-order valence-electron chi connectivity index (χ1n) is 8.05. The number of ketones is 1. The maximum Gasteiger partial charge on any atom is 0.338 e. The molecule has 1 aromatic carbocycles. The highest BCUT2D eigenvalue weighted by atomic mass is 32.2. The number of Topliss-reactive ketones (excluding diaryl/α,β-unsaturated/α-hetero) is 1. The number of rotatable bonds is 9. The highest BCUT2D eigenvalue weighted by Gasteiger charge is 2.18. The molecule has 2 aromatic rings. The molecular formula is C17H18N2O7S2. The van der Waals surface area contributed by atoms with Crippen LogP contribution >= 0.6 is 11.3 Å². The molecule has 150 valence electrons. The van der Waals surface area contributed by atoms with E-state index in [1.807, 2.05) is 0 Å². The average Bonchev–Trinajstić information content (AvgIpc) is 3.07. The van der Waals surface area contributed by atoms with Crippen LogP contribution in [-0.2, 0) is 21.2 Å². The van der Waals surface area contributed by atoms with Crippen LogP contribution in [0.15, 0.2) is 30.3 Å². The number of esters is 1. The Morgan fingerprint density at radius 1 is 1.25 bits per heavy atom. The number of carbonyl (C=O) groups is 2. The third kappa shape index (κ3) is 6.22. The molecular weight excluding hydrogens is 408 g/mol. The van der Waals surface area contributed by atoms with Gasteiger partial charge in [0.25, 0.3) is 5.69 Å². The maximum atomic E-state index is 12.2. The summed E-state index contributed by atoms with van der Waals surface area (Å²) in [6.45, 7) is 1.27. The smallest absolute Gasteiger partial charge is 0.338 e. The number of nitrogens with zero attached hydrogens (tertiary/aromatic N) is 1. The van der Waals surface area contributed by atoms with Gasteiger partial charge in [0.1, 0.15) is 0 Å². The lowest BCUT2D eigenvalue weighted by atomic mass is 10.1. The van der Waals surface area contributed by atoms with E-state index in [9.17, 15) is 28.1 Å². The van der Waals surface area contributed by atoms with Crippen molar-refractivity contribution in [2.24, 2.45) is 0 Å². The van der Waals surface area contributed by atoms with Crippen molar-refractivity contribution in [2.75, 3.05) is 19.4 Å². The Morgan fingerprint density at radius 2 is 1.96 bits per heavy atom. The predicted octanol–water partition coefficient (Wildman–Crippen LogP) is 2.10. The molecule has 1 heterocycles. The van der Waals surface area contributed by atoms with Crippen molar-refractivity contribution in [2.45, 2.75) is 13.3 Å². The average molecular weight is 426 g/mol. The number of ether oxygens (including phenoxy) is 1. The van der Waals surface area contributed by atoms with E-state index in [2.05, 4.69) is 4.72 Å². The zero-order valence-corrected chi connectivity index (χ0v) is 16.8. The molecule has 0 saturated carbocycles. The van der Waals surface area contributed by atoms with Gasteiger partial charge >= 0.3 is 5.97 Å². The van der Waals surface area contributed by atoms with Crippen LogP contribution in [-0.4, -0.2) is 44.5 Å². The summed E-state index contributed by atoms with van der Waals surface area (Å²) in [5.74, 6) is -1.24. The van der Waals surface area contributed by atoms with Crippen LogP contribution in [0.1, 0.15) is 30.5 Å². The minimum absolute atomic E-state index is 0.0104. The molecule has 0 fully saturated rings. The molecule has 0 spiro atoms. The Morgan fingerprint density at radius 3 is 2.61 bits per heavy atom. The van der Waals surface area contributed by atoms with E-state index in [0.717, 1.165) is 17.2 Å². The first-order chi connectivity index (χ1) is 13.1. The largest absolute Gasteiger partial charge is 0.454 e. The SMILES string of the molecule is Cc1ccc(C(=O)OCC(=O)c2ccc(CCNS(C)(=O)=O)s2)cc1[N+](=O)[O-]. The molecule has 0 unspecified atom stereocenters. The molecule has 1 aromatic heterocycles. The van der Waals surface area contributed by atoms with Gasteiger partial charge in [-0.3, -0.25) is 14.9 Å². The van der Waals surface area contributed by atoms with Crippen molar-refractivity contribution in [1.82, 2.24) is 4.72 Å². The van der Waals surface area contributed by atoms with Crippen LogP contribution in [0.3, 0.4) is 0 Å². The van der Waals surface area contributed by atoms with E-state index in [1.165, 1.54) is 23.5 Å². The molecule has 0 amide bonds. The second-order valence-corrected chi connectivity index (χ2v) is 8.94. The van der Waals surface area contributed by atoms with Crippen molar-refractivity contribution in [1.29, 1.82) is 0 Å². The van der Waals surface area contributed by atoms with Gasteiger partial charge in [-0.25, -0.2) is 17.9 Å². The zero-order chi connectivity index (χ0) is 20.9. The van der Waals surface area contributed by atoms with Crippen LogP contribution in [0, 0.1) is 17.0 Å². The van der Waals surface area contributed by atoms with Gasteiger partial charge in [-0.05, 0) is 31.5 Å². The molecule has 0 aliphatic heterocycles. The first kappa shape index (κ1) is 21.7. The third-order valence-corrected chi connectivity index (χ3v) is 5.56. The van der Waals surface area contributed by atoms with Crippen LogP contribution in [0.25, 0.3) is 0 Å². The zero-order valence-electron chi connectivity index (χ0n) is 15.1. The number of nitrogens with one attached hydrogen (secondary N) is 1. The molecule has 0 aliphatic rings. The lowest BCUT2D eigenvalue weighted by Crippen LogP contribution is -2.24. The van der Waals surface area contributed by atoms with E-state index in [4.69, 9.17) is 4.74 Å². The summed E-state index contributed by atoms with van der Waals surface area (Å²) in [5, 5.41) is 10.9. The van der Waals surface area contributed by atoms with Crippen molar-refractivity contribution in [3.63, 3.8) is 0 Å². The Bertz CT molecular complexity index is 1010. The second-order valence-electron chi connectivity index (χ2n) is 5.94. The molecule has 1 N–H and O–H groups in total. The van der Waals surface area contributed by atoms with E-state index in [0.29, 0.717) is 16.9 Å². The Hall–Kier alpha value is -2.63. The van der Waals surface area contributed by atoms with Crippen molar-refractivity contribution >= 4 is 38.8 Å². The van der Waals surface area contributed by atoms with Gasteiger partial charge in [0.2, 0.25) is 15.8 Å². The molecule has 11 heteroatoms. The van der Waals surface area contributed by atoms with Gasteiger partial charge in [-0.1, -0.05) is 6.07 Å². The highest BCUT2D eigenvalue weighted by Crippen LogP contribution is 2.20. The maximum absolute atomic E-state index is 12.2. The minimum Gasteiger partial charge on any atom is -0.454 e. The summed E-state index contributed by atoms with van der Waals surface area (Å²) in [4.78, 5) is 35.7. The molecule has 0 bridgehead atoms. The molecule has 28 heavy (non-hydrogen) atoms. The number of aryl methyl sites for hydroxylation is 1. The highest BCUT2D eigenvalue weighted by molar-refractivity contribution is 7.88. The van der Waals surface area contributed by atoms with Gasteiger partial charge in [0, 0.05) is 23.1 Å². The van der Waals surface area contributed by atoms with Crippen molar-refractivity contribution in [3.8, 4) is 0 Å². The molecule has 0 atom stereocenters. The fraction of sp³-hybridized carbons (Fsp3) is 0.294. The number of nitro benzene ring substituents is 1. The Kier molecular flexibility index (Phi) is 7.00. The van der Waals surface area contributed by atoms with Gasteiger partial charge in [-0.15, -0.1) is 11.3 Å².